The SMILES string of the molecule is CCCCC(CC)CNc1nc(N2CCN(C(=O)c3cccc(Cl)c3)CC2)nc2c1ncn2Cc1ccccc1. The molecule has 1 N–H and O–H groups in total. The Labute approximate surface area is 241 Å². The van der Waals surface area contributed by atoms with Crippen molar-refractivity contribution in [2.45, 2.75) is 46.1 Å². The maximum atomic E-state index is 13.1. The summed E-state index contributed by atoms with van der Waals surface area (Å²) in [6.45, 7) is 8.51. The molecule has 0 aliphatic carbocycles. The second-order valence-corrected chi connectivity index (χ2v) is 10.9. The number of amides is 1. The van der Waals surface area contributed by atoms with Crippen molar-refractivity contribution in [3.63, 3.8) is 0 Å². The number of nitrogens with one attached hydrogen (secondary N) is 1. The molecular weight excluding hydrogens is 522 g/mol. The van der Waals surface area contributed by atoms with Crippen LogP contribution in [0.15, 0.2) is 60.9 Å². The van der Waals surface area contributed by atoms with Crippen LogP contribution in [0.3, 0.4) is 0 Å². The van der Waals surface area contributed by atoms with Crippen molar-refractivity contribution in [2.75, 3.05) is 42.9 Å². The molecule has 0 saturated carbocycles. The Hall–Kier alpha value is -3.65. The molecule has 1 aliphatic heterocycles. The van der Waals surface area contributed by atoms with Crippen LogP contribution in [0.2, 0.25) is 5.02 Å². The predicted molar refractivity (Wildman–Crippen MR) is 162 cm³/mol. The lowest BCUT2D eigenvalue weighted by atomic mass is 9.99. The first-order valence-corrected chi connectivity index (χ1v) is 14.7. The van der Waals surface area contributed by atoms with Crippen LogP contribution in [0.4, 0.5) is 11.8 Å². The van der Waals surface area contributed by atoms with Gasteiger partial charge in [0.1, 0.15) is 0 Å². The Morgan fingerprint density at radius 2 is 1.82 bits per heavy atom. The number of carbonyl (C=O) groups is 1. The first-order chi connectivity index (χ1) is 19.6. The third-order valence-corrected chi connectivity index (χ3v) is 7.91. The van der Waals surface area contributed by atoms with Crippen LogP contribution < -0.4 is 10.2 Å². The van der Waals surface area contributed by atoms with Gasteiger partial charge in [-0.25, -0.2) is 4.98 Å². The monoisotopic (exact) mass is 559 g/mol. The number of nitrogens with zero attached hydrogens (tertiary/aromatic N) is 6. The molecule has 0 radical (unpaired) electrons. The maximum absolute atomic E-state index is 13.1. The van der Waals surface area contributed by atoms with Crippen LogP contribution >= 0.6 is 11.6 Å². The van der Waals surface area contributed by atoms with E-state index in [1.54, 1.807) is 12.1 Å². The van der Waals surface area contributed by atoms with E-state index in [1.165, 1.54) is 24.8 Å². The molecule has 1 amide bonds. The lowest BCUT2D eigenvalue weighted by Gasteiger charge is -2.35. The van der Waals surface area contributed by atoms with E-state index in [4.69, 9.17) is 26.6 Å². The Balaban J connectivity index is 1.38. The number of hydrogen-bond acceptors (Lipinski definition) is 6. The molecule has 8 nitrogen and oxygen atoms in total. The van der Waals surface area contributed by atoms with Crippen LogP contribution in [0.1, 0.15) is 55.5 Å². The molecule has 0 spiro atoms. The van der Waals surface area contributed by atoms with Gasteiger partial charge in [-0.3, -0.25) is 4.79 Å². The zero-order valence-corrected chi connectivity index (χ0v) is 24.1. The fourth-order valence-corrected chi connectivity index (χ4v) is 5.38. The number of imidazole rings is 1. The third kappa shape index (κ3) is 6.55. The van der Waals surface area contributed by atoms with Crippen LogP contribution in [0.5, 0.6) is 0 Å². The number of unbranched alkanes of at least 4 members (excludes halogenated alkanes) is 1. The zero-order chi connectivity index (χ0) is 27.9. The normalized spacial score (nSPS) is 14.5. The summed E-state index contributed by atoms with van der Waals surface area (Å²) in [5.74, 6) is 2.03. The molecule has 1 saturated heterocycles. The summed E-state index contributed by atoms with van der Waals surface area (Å²) >= 11 is 6.12. The van der Waals surface area contributed by atoms with E-state index in [2.05, 4.69) is 40.8 Å². The molecule has 2 aromatic carbocycles. The average Bonchev–Trinajstić information content (AvgIpc) is 3.40. The molecule has 1 aliphatic rings. The minimum atomic E-state index is -0.000463. The van der Waals surface area contributed by atoms with E-state index in [0.29, 0.717) is 55.2 Å². The molecule has 4 aromatic rings. The van der Waals surface area contributed by atoms with Crippen LogP contribution in [-0.4, -0.2) is 63.0 Å². The van der Waals surface area contributed by atoms with E-state index in [9.17, 15) is 4.79 Å². The molecule has 3 heterocycles. The molecular formula is C31H38ClN7O. The Morgan fingerprint density at radius 3 is 2.55 bits per heavy atom. The second-order valence-electron chi connectivity index (χ2n) is 10.5. The molecule has 1 unspecified atom stereocenters. The topological polar surface area (TPSA) is 79.2 Å². The number of anilines is 2. The number of hydrogen-bond donors (Lipinski definition) is 1. The zero-order valence-electron chi connectivity index (χ0n) is 23.4. The molecule has 40 heavy (non-hydrogen) atoms. The summed E-state index contributed by atoms with van der Waals surface area (Å²) in [6.07, 6.45) is 6.62. The van der Waals surface area contributed by atoms with Gasteiger partial charge in [0.05, 0.1) is 12.9 Å². The van der Waals surface area contributed by atoms with Crippen molar-refractivity contribution >= 4 is 40.4 Å². The Bertz CT molecular complexity index is 1420. The highest BCUT2D eigenvalue weighted by Crippen LogP contribution is 2.25. The molecule has 0 bridgehead atoms. The first-order valence-electron chi connectivity index (χ1n) is 14.4. The van der Waals surface area contributed by atoms with Gasteiger partial charge in [0.25, 0.3) is 5.91 Å². The largest absolute Gasteiger partial charge is 0.368 e. The third-order valence-electron chi connectivity index (χ3n) is 7.67. The van der Waals surface area contributed by atoms with Gasteiger partial charge >= 0.3 is 0 Å². The highest BCUT2D eigenvalue weighted by atomic mass is 35.5. The van der Waals surface area contributed by atoms with Gasteiger partial charge in [-0.1, -0.05) is 81.1 Å². The van der Waals surface area contributed by atoms with E-state index in [-0.39, 0.29) is 5.91 Å². The fourth-order valence-electron chi connectivity index (χ4n) is 5.19. The number of benzene rings is 2. The fraction of sp³-hybridized carbons (Fsp3) is 0.419. The van der Waals surface area contributed by atoms with Crippen LogP contribution in [-0.2, 0) is 6.54 Å². The minimum Gasteiger partial charge on any atom is -0.368 e. The molecule has 210 valence electrons. The van der Waals surface area contributed by atoms with Crippen LogP contribution in [0, 0.1) is 5.92 Å². The minimum absolute atomic E-state index is 0.000463. The summed E-state index contributed by atoms with van der Waals surface area (Å²) in [4.78, 5) is 31.8. The van der Waals surface area contributed by atoms with Gasteiger partial charge in [-0.05, 0) is 36.1 Å². The molecule has 5 rings (SSSR count). The number of aromatic nitrogens is 4. The van der Waals surface area contributed by atoms with Crippen molar-refractivity contribution in [3.8, 4) is 0 Å². The van der Waals surface area contributed by atoms with Crippen molar-refractivity contribution < 1.29 is 4.79 Å². The summed E-state index contributed by atoms with van der Waals surface area (Å²) in [6, 6.07) is 17.5. The van der Waals surface area contributed by atoms with Crippen molar-refractivity contribution in [1.82, 2.24) is 24.4 Å². The number of carbonyl (C=O) groups excluding carboxylic acids is 1. The highest BCUT2D eigenvalue weighted by molar-refractivity contribution is 6.30. The van der Waals surface area contributed by atoms with Gasteiger partial charge in [0.15, 0.2) is 17.0 Å². The summed E-state index contributed by atoms with van der Waals surface area (Å²) < 4.78 is 2.09. The van der Waals surface area contributed by atoms with Crippen LogP contribution in [0.25, 0.3) is 11.2 Å². The maximum Gasteiger partial charge on any atom is 0.254 e. The van der Waals surface area contributed by atoms with E-state index in [0.717, 1.165) is 29.9 Å². The van der Waals surface area contributed by atoms with E-state index >= 15 is 0 Å². The highest BCUT2D eigenvalue weighted by Gasteiger charge is 2.25. The quantitative estimate of drug-likeness (QED) is 0.238. The van der Waals surface area contributed by atoms with Crippen molar-refractivity contribution in [3.05, 3.63) is 77.1 Å². The number of fused-ring (bicyclic) bond motifs is 1. The molecule has 2 aromatic heterocycles. The molecule has 9 heteroatoms. The summed E-state index contributed by atoms with van der Waals surface area (Å²) in [7, 11) is 0. The molecule has 1 atom stereocenters. The van der Waals surface area contributed by atoms with E-state index in [1.807, 2.05) is 41.6 Å². The van der Waals surface area contributed by atoms with Gasteiger partial charge < -0.3 is 19.7 Å². The van der Waals surface area contributed by atoms with Gasteiger partial charge in [-0.15, -0.1) is 0 Å². The van der Waals surface area contributed by atoms with Gasteiger partial charge in [0.2, 0.25) is 5.95 Å². The second kappa shape index (κ2) is 13.1. The Kier molecular flexibility index (Phi) is 9.16. The number of halogens is 1. The summed E-state index contributed by atoms with van der Waals surface area (Å²) in [5, 5.41) is 4.20. The summed E-state index contributed by atoms with van der Waals surface area (Å²) in [5.41, 5.74) is 3.41. The standard InChI is InChI=1S/C31H38ClN7O/c1-3-5-10-23(4-2)20-33-28-27-29(39(22-34-27)21-24-11-7-6-8-12-24)36-31(35-28)38-17-15-37(16-18-38)30(40)25-13-9-14-26(32)19-25/h6-9,11-14,19,22-23H,3-5,10,15-18,20-21H2,1-2H3,(H,33,35,36). The van der Waals surface area contributed by atoms with Crippen molar-refractivity contribution in [2.24, 2.45) is 5.92 Å². The van der Waals surface area contributed by atoms with Crippen molar-refractivity contribution in [1.29, 1.82) is 0 Å². The Morgan fingerprint density at radius 1 is 1.02 bits per heavy atom. The lowest BCUT2D eigenvalue weighted by Crippen LogP contribution is -2.49. The molecule has 1 fully saturated rings. The number of rotatable bonds is 11. The van der Waals surface area contributed by atoms with E-state index < -0.39 is 0 Å². The lowest BCUT2D eigenvalue weighted by molar-refractivity contribution is 0.0746. The van der Waals surface area contributed by atoms with Gasteiger partial charge in [0, 0.05) is 43.3 Å². The number of piperazine rings is 1. The smallest absolute Gasteiger partial charge is 0.254 e. The first kappa shape index (κ1) is 27.9. The predicted octanol–water partition coefficient (Wildman–Crippen LogP) is 6.12. The average molecular weight is 560 g/mol. The van der Waals surface area contributed by atoms with Gasteiger partial charge in [-0.2, -0.15) is 9.97 Å².